The van der Waals surface area contributed by atoms with Gasteiger partial charge < -0.3 is 10.4 Å². The zero-order valence-corrected chi connectivity index (χ0v) is 7.90. The fraction of sp³-hybridized carbons (Fsp3) is 0.778. The van der Waals surface area contributed by atoms with Crippen molar-refractivity contribution in [3.8, 4) is 0 Å². The predicted molar refractivity (Wildman–Crippen MR) is 48.8 cm³/mol. The quantitative estimate of drug-likeness (QED) is 0.591. The molecule has 2 rings (SSSR count). The fourth-order valence-electron chi connectivity index (χ4n) is 2.19. The standard InChI is InChI=1S/C9H14N2O3/c12-8-7-3-1-2-4-11(7)5-6(10-8)9(13)14/h6-7H,1-5H2,(H,10,12)(H,13,14). The smallest absolute Gasteiger partial charge is 0.327 e. The second kappa shape index (κ2) is 3.57. The van der Waals surface area contributed by atoms with Crippen LogP contribution in [0.15, 0.2) is 0 Å². The molecule has 2 fully saturated rings. The lowest BCUT2D eigenvalue weighted by Gasteiger charge is -2.40. The minimum Gasteiger partial charge on any atom is -0.480 e. The maximum atomic E-state index is 11.5. The molecule has 2 aliphatic heterocycles. The van der Waals surface area contributed by atoms with Crippen molar-refractivity contribution in [3.63, 3.8) is 0 Å². The third-order valence-electron chi connectivity index (χ3n) is 2.95. The molecule has 1 amide bonds. The Kier molecular flexibility index (Phi) is 2.41. The van der Waals surface area contributed by atoms with E-state index in [0.29, 0.717) is 6.54 Å². The summed E-state index contributed by atoms with van der Waals surface area (Å²) < 4.78 is 0. The summed E-state index contributed by atoms with van der Waals surface area (Å²) >= 11 is 0. The van der Waals surface area contributed by atoms with Crippen molar-refractivity contribution in [3.05, 3.63) is 0 Å². The average molecular weight is 198 g/mol. The largest absolute Gasteiger partial charge is 0.480 e. The van der Waals surface area contributed by atoms with Crippen LogP contribution in [-0.4, -0.2) is 47.1 Å². The summed E-state index contributed by atoms with van der Waals surface area (Å²) in [5.74, 6) is -1.06. The summed E-state index contributed by atoms with van der Waals surface area (Å²) in [6, 6.07) is -0.809. The van der Waals surface area contributed by atoms with Crippen LogP contribution in [-0.2, 0) is 9.59 Å². The number of carbonyl (C=O) groups is 2. The predicted octanol–water partition coefficient (Wildman–Crippen LogP) is -0.576. The van der Waals surface area contributed by atoms with E-state index in [4.69, 9.17) is 5.11 Å². The van der Waals surface area contributed by atoms with Gasteiger partial charge >= 0.3 is 5.97 Å². The maximum Gasteiger partial charge on any atom is 0.327 e. The lowest BCUT2D eigenvalue weighted by molar-refractivity contribution is -0.147. The molecule has 0 aromatic rings. The molecule has 2 saturated heterocycles. The van der Waals surface area contributed by atoms with Crippen molar-refractivity contribution >= 4 is 11.9 Å². The molecule has 2 aliphatic rings. The summed E-state index contributed by atoms with van der Waals surface area (Å²) in [4.78, 5) is 24.2. The molecule has 2 heterocycles. The summed E-state index contributed by atoms with van der Waals surface area (Å²) in [5, 5.41) is 11.3. The van der Waals surface area contributed by atoms with Gasteiger partial charge in [0.25, 0.3) is 0 Å². The molecule has 0 saturated carbocycles. The first-order chi connectivity index (χ1) is 6.68. The molecule has 5 nitrogen and oxygen atoms in total. The number of aliphatic carboxylic acids is 1. The number of carboxylic acids is 1. The van der Waals surface area contributed by atoms with Gasteiger partial charge in [-0.2, -0.15) is 0 Å². The third kappa shape index (κ3) is 1.59. The monoisotopic (exact) mass is 198 g/mol. The number of carbonyl (C=O) groups excluding carboxylic acids is 1. The molecule has 0 bridgehead atoms. The Balaban J connectivity index is 2.08. The van der Waals surface area contributed by atoms with Crippen LogP contribution in [0.25, 0.3) is 0 Å². The van der Waals surface area contributed by atoms with Gasteiger partial charge in [-0.15, -0.1) is 0 Å². The Hall–Kier alpha value is -1.10. The fourth-order valence-corrected chi connectivity index (χ4v) is 2.19. The van der Waals surface area contributed by atoms with Crippen molar-refractivity contribution in [1.29, 1.82) is 0 Å². The molecule has 5 heteroatoms. The Morgan fingerprint density at radius 1 is 1.50 bits per heavy atom. The first kappa shape index (κ1) is 9.45. The zero-order valence-electron chi connectivity index (χ0n) is 7.90. The number of hydrogen-bond acceptors (Lipinski definition) is 3. The van der Waals surface area contributed by atoms with Crippen LogP contribution >= 0.6 is 0 Å². The van der Waals surface area contributed by atoms with E-state index in [-0.39, 0.29) is 11.9 Å². The highest BCUT2D eigenvalue weighted by atomic mass is 16.4. The van der Waals surface area contributed by atoms with Gasteiger partial charge in [0.1, 0.15) is 6.04 Å². The minimum absolute atomic E-state index is 0.0839. The van der Waals surface area contributed by atoms with E-state index in [1.165, 1.54) is 0 Å². The van der Waals surface area contributed by atoms with Crippen LogP contribution < -0.4 is 5.32 Å². The van der Waals surface area contributed by atoms with Crippen molar-refractivity contribution in [1.82, 2.24) is 10.2 Å². The first-order valence-corrected chi connectivity index (χ1v) is 4.96. The van der Waals surface area contributed by atoms with E-state index < -0.39 is 12.0 Å². The van der Waals surface area contributed by atoms with Gasteiger partial charge in [0, 0.05) is 6.54 Å². The van der Waals surface area contributed by atoms with E-state index in [1.54, 1.807) is 0 Å². The Morgan fingerprint density at radius 3 is 3.00 bits per heavy atom. The topological polar surface area (TPSA) is 69.6 Å². The van der Waals surface area contributed by atoms with E-state index in [0.717, 1.165) is 25.8 Å². The summed E-state index contributed by atoms with van der Waals surface area (Å²) in [5.41, 5.74) is 0. The number of piperazine rings is 1. The third-order valence-corrected chi connectivity index (χ3v) is 2.95. The number of rotatable bonds is 1. The molecule has 0 aromatic carbocycles. The molecule has 78 valence electrons. The van der Waals surface area contributed by atoms with Crippen LogP contribution in [0.2, 0.25) is 0 Å². The zero-order chi connectivity index (χ0) is 10.1. The number of carboxylic acid groups (broad SMARTS) is 1. The Morgan fingerprint density at radius 2 is 2.29 bits per heavy atom. The molecule has 14 heavy (non-hydrogen) atoms. The second-order valence-corrected chi connectivity index (χ2v) is 3.91. The number of hydrogen-bond donors (Lipinski definition) is 2. The van der Waals surface area contributed by atoms with Crippen LogP contribution in [0.5, 0.6) is 0 Å². The highest BCUT2D eigenvalue weighted by molar-refractivity contribution is 5.88. The highest BCUT2D eigenvalue weighted by Gasteiger charge is 2.38. The van der Waals surface area contributed by atoms with Gasteiger partial charge in [0.2, 0.25) is 5.91 Å². The number of amides is 1. The molecule has 2 atom stereocenters. The molecule has 2 N–H and O–H groups in total. The van der Waals surface area contributed by atoms with Crippen LogP contribution in [0, 0.1) is 0 Å². The minimum atomic E-state index is -0.942. The first-order valence-electron chi connectivity index (χ1n) is 4.96. The maximum absolute atomic E-state index is 11.5. The molecular weight excluding hydrogens is 184 g/mol. The molecule has 0 spiro atoms. The summed E-state index contributed by atoms with van der Waals surface area (Å²) in [6.45, 7) is 1.30. The highest BCUT2D eigenvalue weighted by Crippen LogP contribution is 2.20. The number of nitrogens with zero attached hydrogens (tertiary/aromatic N) is 1. The summed E-state index contributed by atoms with van der Waals surface area (Å²) in [6.07, 6.45) is 2.99. The van der Waals surface area contributed by atoms with Crippen molar-refractivity contribution in [2.45, 2.75) is 31.3 Å². The van der Waals surface area contributed by atoms with E-state index >= 15 is 0 Å². The molecule has 2 unspecified atom stereocenters. The molecule has 0 radical (unpaired) electrons. The van der Waals surface area contributed by atoms with Crippen LogP contribution in [0.3, 0.4) is 0 Å². The Labute approximate surface area is 82.1 Å². The summed E-state index contributed by atoms with van der Waals surface area (Å²) in [7, 11) is 0. The molecular formula is C9H14N2O3. The van der Waals surface area contributed by atoms with E-state index in [2.05, 4.69) is 5.32 Å². The molecule has 0 aromatic heterocycles. The van der Waals surface area contributed by atoms with Gasteiger partial charge in [-0.05, 0) is 19.4 Å². The van der Waals surface area contributed by atoms with Crippen molar-refractivity contribution in [2.75, 3.05) is 13.1 Å². The lowest BCUT2D eigenvalue weighted by atomic mass is 9.97. The van der Waals surface area contributed by atoms with Gasteiger partial charge in [0.05, 0.1) is 6.04 Å². The van der Waals surface area contributed by atoms with E-state index in [9.17, 15) is 9.59 Å². The van der Waals surface area contributed by atoms with E-state index in [1.807, 2.05) is 4.90 Å². The molecule has 0 aliphatic carbocycles. The average Bonchev–Trinajstić information content (AvgIpc) is 2.17. The second-order valence-electron chi connectivity index (χ2n) is 3.91. The van der Waals surface area contributed by atoms with Gasteiger partial charge in [-0.1, -0.05) is 6.42 Å². The number of piperidine rings is 1. The normalized spacial score (nSPS) is 33.3. The van der Waals surface area contributed by atoms with Gasteiger partial charge in [-0.3, -0.25) is 9.69 Å². The number of fused-ring (bicyclic) bond motifs is 1. The Bertz CT molecular complexity index is 267. The SMILES string of the molecule is O=C(O)C1CN2CCCCC2C(=O)N1. The van der Waals surface area contributed by atoms with Crippen LogP contribution in [0.4, 0.5) is 0 Å². The van der Waals surface area contributed by atoms with Crippen molar-refractivity contribution in [2.24, 2.45) is 0 Å². The lowest BCUT2D eigenvalue weighted by Crippen LogP contribution is -2.63. The number of nitrogens with one attached hydrogen (secondary N) is 1. The van der Waals surface area contributed by atoms with Crippen LogP contribution in [0.1, 0.15) is 19.3 Å². The van der Waals surface area contributed by atoms with Gasteiger partial charge in [-0.25, -0.2) is 4.79 Å². The van der Waals surface area contributed by atoms with Crippen molar-refractivity contribution < 1.29 is 14.7 Å². The van der Waals surface area contributed by atoms with Gasteiger partial charge in [0.15, 0.2) is 0 Å².